The van der Waals surface area contributed by atoms with E-state index >= 15 is 0 Å². The molecule has 86 valence electrons. The molecule has 5 heteroatoms. The van der Waals surface area contributed by atoms with Gasteiger partial charge in [0, 0.05) is 24.5 Å². The van der Waals surface area contributed by atoms with E-state index < -0.39 is 6.10 Å². The second-order valence-corrected chi connectivity index (χ2v) is 3.94. The average Bonchev–Trinajstić information content (AvgIpc) is 2.65. The molecule has 0 spiro atoms. The van der Waals surface area contributed by atoms with E-state index in [2.05, 4.69) is 5.32 Å². The molecule has 0 unspecified atom stereocenters. The molecule has 0 bridgehead atoms. The standard InChI is InChI=1S/C11H15N3O2/c12-8-2-1-3-9(6-8)13-11(16)14-5-4-10(15)7-14/h1-3,6,10,15H,4-5,7,12H2,(H,13,16)/t10-/m0/s1. The number of hydrogen-bond acceptors (Lipinski definition) is 3. The summed E-state index contributed by atoms with van der Waals surface area (Å²) in [4.78, 5) is 13.3. The molecule has 1 aromatic carbocycles. The van der Waals surface area contributed by atoms with Crippen LogP contribution in [-0.4, -0.2) is 35.2 Å². The smallest absolute Gasteiger partial charge is 0.321 e. The van der Waals surface area contributed by atoms with E-state index in [0.29, 0.717) is 30.9 Å². The number of benzene rings is 1. The Morgan fingerprint density at radius 2 is 2.38 bits per heavy atom. The molecule has 0 aliphatic carbocycles. The van der Waals surface area contributed by atoms with Crippen LogP contribution in [0.4, 0.5) is 16.2 Å². The highest BCUT2D eigenvalue weighted by atomic mass is 16.3. The van der Waals surface area contributed by atoms with Crippen LogP contribution in [0.5, 0.6) is 0 Å². The van der Waals surface area contributed by atoms with Crippen molar-refractivity contribution < 1.29 is 9.90 Å². The molecule has 1 fully saturated rings. The van der Waals surface area contributed by atoms with Gasteiger partial charge in [-0.2, -0.15) is 0 Å². The summed E-state index contributed by atoms with van der Waals surface area (Å²) in [6.07, 6.45) is 0.247. The number of hydrogen-bond donors (Lipinski definition) is 3. The molecule has 4 N–H and O–H groups in total. The molecule has 0 saturated carbocycles. The average molecular weight is 221 g/mol. The quantitative estimate of drug-likeness (QED) is 0.616. The first kappa shape index (κ1) is 10.8. The summed E-state index contributed by atoms with van der Waals surface area (Å²) < 4.78 is 0. The maximum Gasteiger partial charge on any atom is 0.321 e. The molecule has 2 rings (SSSR count). The molecule has 1 saturated heterocycles. The Morgan fingerprint density at radius 1 is 1.56 bits per heavy atom. The highest BCUT2D eigenvalue weighted by Gasteiger charge is 2.24. The summed E-state index contributed by atoms with van der Waals surface area (Å²) in [5.41, 5.74) is 6.89. The normalized spacial score (nSPS) is 19.8. The molecule has 1 aliphatic heterocycles. The maximum atomic E-state index is 11.7. The third-order valence-electron chi connectivity index (χ3n) is 2.59. The van der Waals surface area contributed by atoms with Gasteiger partial charge in [0.05, 0.1) is 6.10 Å². The molecule has 1 aromatic rings. The van der Waals surface area contributed by atoms with Gasteiger partial charge in [0.15, 0.2) is 0 Å². The van der Waals surface area contributed by atoms with Crippen molar-refractivity contribution in [2.45, 2.75) is 12.5 Å². The van der Waals surface area contributed by atoms with Gasteiger partial charge in [-0.3, -0.25) is 0 Å². The summed E-state index contributed by atoms with van der Waals surface area (Å²) in [5, 5.41) is 12.1. The number of nitrogens with zero attached hydrogens (tertiary/aromatic N) is 1. The summed E-state index contributed by atoms with van der Waals surface area (Å²) in [6.45, 7) is 0.990. The summed E-state index contributed by atoms with van der Waals surface area (Å²) in [6, 6.07) is 6.83. The lowest BCUT2D eigenvalue weighted by Crippen LogP contribution is -2.33. The number of aliphatic hydroxyl groups is 1. The molecule has 1 aliphatic rings. The van der Waals surface area contributed by atoms with Gasteiger partial charge < -0.3 is 21.1 Å². The topological polar surface area (TPSA) is 78.6 Å². The summed E-state index contributed by atoms with van der Waals surface area (Å²) >= 11 is 0. The SMILES string of the molecule is Nc1cccc(NC(=O)N2CC[C@H](O)C2)c1. The van der Waals surface area contributed by atoms with Crippen LogP contribution in [0, 0.1) is 0 Å². The van der Waals surface area contributed by atoms with Crippen molar-refractivity contribution >= 4 is 17.4 Å². The Hall–Kier alpha value is -1.75. The first-order valence-electron chi connectivity index (χ1n) is 5.24. The van der Waals surface area contributed by atoms with Crippen LogP contribution >= 0.6 is 0 Å². The van der Waals surface area contributed by atoms with Gasteiger partial charge >= 0.3 is 6.03 Å². The Bertz CT molecular complexity index is 395. The molecule has 16 heavy (non-hydrogen) atoms. The highest BCUT2D eigenvalue weighted by Crippen LogP contribution is 2.14. The fourth-order valence-electron chi connectivity index (χ4n) is 1.75. The summed E-state index contributed by atoms with van der Waals surface area (Å²) in [5.74, 6) is 0. The third kappa shape index (κ3) is 2.43. The van der Waals surface area contributed by atoms with E-state index in [9.17, 15) is 9.90 Å². The van der Waals surface area contributed by atoms with Crippen molar-refractivity contribution in [3.8, 4) is 0 Å². The first-order valence-corrected chi connectivity index (χ1v) is 5.24. The molecule has 5 nitrogen and oxygen atoms in total. The number of carbonyl (C=O) groups is 1. The number of aliphatic hydroxyl groups excluding tert-OH is 1. The predicted molar refractivity (Wildman–Crippen MR) is 62.1 cm³/mol. The van der Waals surface area contributed by atoms with Gasteiger partial charge in [-0.05, 0) is 24.6 Å². The van der Waals surface area contributed by atoms with E-state index in [0.717, 1.165) is 0 Å². The van der Waals surface area contributed by atoms with Crippen LogP contribution in [0.2, 0.25) is 0 Å². The Labute approximate surface area is 93.9 Å². The minimum atomic E-state index is -0.397. The molecule has 0 radical (unpaired) electrons. The van der Waals surface area contributed by atoms with Crippen LogP contribution in [0.15, 0.2) is 24.3 Å². The molecule has 0 aromatic heterocycles. The zero-order valence-corrected chi connectivity index (χ0v) is 8.89. The highest BCUT2D eigenvalue weighted by molar-refractivity contribution is 5.90. The first-order chi connectivity index (χ1) is 7.65. The third-order valence-corrected chi connectivity index (χ3v) is 2.59. The maximum absolute atomic E-state index is 11.7. The van der Waals surface area contributed by atoms with Crippen LogP contribution in [0.3, 0.4) is 0 Å². The van der Waals surface area contributed by atoms with Gasteiger partial charge in [-0.25, -0.2) is 4.79 Å². The number of nitrogens with one attached hydrogen (secondary N) is 1. The lowest BCUT2D eigenvalue weighted by molar-refractivity contribution is 0.176. The zero-order valence-electron chi connectivity index (χ0n) is 8.89. The van der Waals surface area contributed by atoms with Crippen molar-refractivity contribution in [3.05, 3.63) is 24.3 Å². The van der Waals surface area contributed by atoms with E-state index in [1.165, 1.54) is 0 Å². The fraction of sp³-hybridized carbons (Fsp3) is 0.364. The van der Waals surface area contributed by atoms with Gasteiger partial charge in [0.25, 0.3) is 0 Å². The molecule has 1 heterocycles. The van der Waals surface area contributed by atoms with E-state index in [1.54, 1.807) is 29.2 Å². The Balaban J connectivity index is 1.97. The number of nitrogens with two attached hydrogens (primary N) is 1. The number of β-amino-alcohol motifs (C(OH)–C–C–N with tert-alkyl or cyclic N) is 1. The number of carbonyl (C=O) groups excluding carboxylic acids is 1. The molecule has 1 atom stereocenters. The second-order valence-electron chi connectivity index (χ2n) is 3.94. The number of anilines is 2. The van der Waals surface area contributed by atoms with Crippen molar-refractivity contribution in [1.29, 1.82) is 0 Å². The van der Waals surface area contributed by atoms with Gasteiger partial charge in [-0.1, -0.05) is 6.07 Å². The van der Waals surface area contributed by atoms with E-state index in [4.69, 9.17) is 5.73 Å². The predicted octanol–water partition coefficient (Wildman–Crippen LogP) is 0.867. The van der Waals surface area contributed by atoms with Crippen LogP contribution in [0.1, 0.15) is 6.42 Å². The number of urea groups is 1. The fourth-order valence-corrected chi connectivity index (χ4v) is 1.75. The van der Waals surface area contributed by atoms with Crippen LogP contribution in [0.25, 0.3) is 0 Å². The van der Waals surface area contributed by atoms with Crippen LogP contribution < -0.4 is 11.1 Å². The molecular weight excluding hydrogens is 206 g/mol. The van der Waals surface area contributed by atoms with Crippen molar-refractivity contribution in [1.82, 2.24) is 4.90 Å². The second kappa shape index (κ2) is 4.40. The van der Waals surface area contributed by atoms with Crippen molar-refractivity contribution in [3.63, 3.8) is 0 Å². The van der Waals surface area contributed by atoms with E-state index in [1.807, 2.05) is 0 Å². The lowest BCUT2D eigenvalue weighted by Gasteiger charge is -2.16. The number of rotatable bonds is 1. The number of amides is 2. The zero-order chi connectivity index (χ0) is 11.5. The van der Waals surface area contributed by atoms with Crippen molar-refractivity contribution in [2.75, 3.05) is 24.1 Å². The lowest BCUT2D eigenvalue weighted by atomic mass is 10.3. The molecule has 2 amide bonds. The van der Waals surface area contributed by atoms with Gasteiger partial charge in [0.1, 0.15) is 0 Å². The van der Waals surface area contributed by atoms with Crippen molar-refractivity contribution in [2.24, 2.45) is 0 Å². The van der Waals surface area contributed by atoms with Gasteiger partial charge in [-0.15, -0.1) is 0 Å². The number of nitrogen functional groups attached to an aromatic ring is 1. The Kier molecular flexibility index (Phi) is 2.96. The monoisotopic (exact) mass is 221 g/mol. The number of likely N-dealkylation sites (tertiary alicyclic amines) is 1. The minimum absolute atomic E-state index is 0.192. The summed E-state index contributed by atoms with van der Waals surface area (Å²) in [7, 11) is 0. The largest absolute Gasteiger partial charge is 0.399 e. The van der Waals surface area contributed by atoms with E-state index in [-0.39, 0.29) is 6.03 Å². The van der Waals surface area contributed by atoms with Crippen LogP contribution in [-0.2, 0) is 0 Å². The molecular formula is C11H15N3O2. The minimum Gasteiger partial charge on any atom is -0.399 e. The van der Waals surface area contributed by atoms with Gasteiger partial charge in [0.2, 0.25) is 0 Å². The Morgan fingerprint density at radius 3 is 3.00 bits per heavy atom.